The first-order chi connectivity index (χ1) is 17.6. The van der Waals surface area contributed by atoms with Crippen LogP contribution in [0, 0.1) is 19.7 Å². The molecule has 5 rings (SSSR count). The first kappa shape index (κ1) is 24.1. The van der Waals surface area contributed by atoms with E-state index in [9.17, 15) is 22.4 Å². The second kappa shape index (κ2) is 9.12. The third-order valence-corrected chi connectivity index (χ3v) is 5.72. The van der Waals surface area contributed by atoms with Gasteiger partial charge in [0.2, 0.25) is 5.88 Å². The molecule has 0 saturated carbocycles. The highest BCUT2D eigenvalue weighted by Crippen LogP contribution is 2.37. The Morgan fingerprint density at radius 3 is 2.43 bits per heavy atom. The molecule has 0 atom stereocenters. The topological polar surface area (TPSA) is 69.9 Å². The fourth-order valence-corrected chi connectivity index (χ4v) is 4.08. The quantitative estimate of drug-likeness (QED) is 0.264. The summed E-state index contributed by atoms with van der Waals surface area (Å²) in [5, 5.41) is 0.0896. The smallest absolute Gasteiger partial charge is 0.421 e. The van der Waals surface area contributed by atoms with Crippen molar-refractivity contribution >= 4 is 10.9 Å². The van der Waals surface area contributed by atoms with Crippen molar-refractivity contribution in [3.8, 4) is 28.6 Å². The summed E-state index contributed by atoms with van der Waals surface area (Å²) in [5.74, 6) is -0.805. The van der Waals surface area contributed by atoms with Crippen molar-refractivity contribution in [1.29, 1.82) is 0 Å². The van der Waals surface area contributed by atoms with Crippen LogP contribution in [0.1, 0.15) is 17.0 Å². The maximum Gasteiger partial charge on any atom is 0.421 e. The van der Waals surface area contributed by atoms with Crippen molar-refractivity contribution in [3.63, 3.8) is 0 Å². The number of rotatable bonds is 4. The van der Waals surface area contributed by atoms with Crippen molar-refractivity contribution in [1.82, 2.24) is 19.5 Å². The second-order valence-electron chi connectivity index (χ2n) is 8.29. The van der Waals surface area contributed by atoms with Crippen LogP contribution in [0.3, 0.4) is 0 Å². The van der Waals surface area contributed by atoms with Crippen LogP contribution < -0.4 is 10.3 Å². The molecule has 0 saturated heterocycles. The lowest BCUT2D eigenvalue weighted by Crippen LogP contribution is -2.16. The van der Waals surface area contributed by atoms with Gasteiger partial charge in [0, 0.05) is 18.0 Å². The maximum atomic E-state index is 14.9. The molecular formula is C27H18F4N4O2. The molecule has 0 aliphatic carbocycles. The van der Waals surface area contributed by atoms with Crippen LogP contribution in [-0.2, 0) is 6.18 Å². The van der Waals surface area contributed by atoms with Crippen molar-refractivity contribution in [2.24, 2.45) is 0 Å². The largest absolute Gasteiger partial charge is 0.438 e. The fourth-order valence-electron chi connectivity index (χ4n) is 4.08. The molecular weight excluding hydrogens is 488 g/mol. The molecule has 2 aromatic carbocycles. The number of aromatic nitrogens is 4. The number of hydrogen-bond donors (Lipinski definition) is 0. The molecule has 0 spiro atoms. The molecule has 0 aliphatic rings. The molecule has 37 heavy (non-hydrogen) atoms. The molecule has 5 aromatic rings. The van der Waals surface area contributed by atoms with E-state index in [0.29, 0.717) is 22.7 Å². The highest BCUT2D eigenvalue weighted by Gasteiger charge is 2.35. The van der Waals surface area contributed by atoms with E-state index in [-0.39, 0.29) is 16.7 Å². The van der Waals surface area contributed by atoms with Gasteiger partial charge in [-0.2, -0.15) is 18.2 Å². The van der Waals surface area contributed by atoms with E-state index >= 15 is 0 Å². The van der Waals surface area contributed by atoms with Crippen molar-refractivity contribution in [2.75, 3.05) is 0 Å². The number of alkyl halides is 3. The summed E-state index contributed by atoms with van der Waals surface area (Å²) in [7, 11) is 0. The SMILES string of the molecule is Cc1ccc(-c2ncccc2-n2c(C)nc(=O)c3cc(Oc4ncccc4C(F)(F)F)ccc32)c(F)c1. The third kappa shape index (κ3) is 4.53. The summed E-state index contributed by atoms with van der Waals surface area (Å²) < 4.78 is 62.0. The molecule has 0 N–H and O–H groups in total. The van der Waals surface area contributed by atoms with Gasteiger partial charge in [0.05, 0.1) is 22.3 Å². The Bertz CT molecular complexity index is 1710. The molecule has 0 aliphatic heterocycles. The number of aryl methyl sites for hydroxylation is 2. The Morgan fingerprint density at radius 2 is 1.68 bits per heavy atom. The molecule has 0 unspecified atom stereocenters. The van der Waals surface area contributed by atoms with E-state index in [1.165, 1.54) is 36.7 Å². The van der Waals surface area contributed by atoms with Crippen LogP contribution in [0.15, 0.2) is 77.9 Å². The monoisotopic (exact) mass is 506 g/mol. The summed E-state index contributed by atoms with van der Waals surface area (Å²) in [4.78, 5) is 25.0. The lowest BCUT2D eigenvalue weighted by atomic mass is 10.1. The van der Waals surface area contributed by atoms with E-state index in [1.54, 1.807) is 42.7 Å². The van der Waals surface area contributed by atoms with Crippen LogP contribution in [0.25, 0.3) is 27.8 Å². The Hall–Kier alpha value is -4.60. The number of halogens is 4. The van der Waals surface area contributed by atoms with E-state index < -0.39 is 29.0 Å². The molecule has 3 aromatic heterocycles. The predicted octanol–water partition coefficient (Wildman–Crippen LogP) is 6.41. The zero-order chi connectivity index (χ0) is 26.3. The Kier molecular flexibility index (Phi) is 5.94. The first-order valence-corrected chi connectivity index (χ1v) is 11.1. The number of ether oxygens (including phenoxy) is 1. The van der Waals surface area contributed by atoms with Gasteiger partial charge in [-0.3, -0.25) is 14.3 Å². The summed E-state index contributed by atoms with van der Waals surface area (Å²) >= 11 is 0. The number of fused-ring (bicyclic) bond motifs is 1. The van der Waals surface area contributed by atoms with Crippen LogP contribution in [0.2, 0.25) is 0 Å². The highest BCUT2D eigenvalue weighted by molar-refractivity contribution is 5.83. The summed E-state index contributed by atoms with van der Waals surface area (Å²) in [5.41, 5.74) is 0.565. The standard InChI is InChI=1S/C27H18F4N4O2/c1-15-7-9-18(21(28)13-15)24-23(6-4-11-32-24)35-16(2)34-25(36)19-14-17(8-10-22(19)35)37-26-20(27(29,30)31)5-3-12-33-26/h3-14H,1-2H3. The Balaban J connectivity index is 1.67. The fraction of sp³-hybridized carbons (Fsp3) is 0.111. The van der Waals surface area contributed by atoms with Gasteiger partial charge >= 0.3 is 6.18 Å². The molecule has 0 radical (unpaired) electrons. The van der Waals surface area contributed by atoms with Crippen LogP contribution >= 0.6 is 0 Å². The average molecular weight is 506 g/mol. The lowest BCUT2D eigenvalue weighted by Gasteiger charge is -2.18. The average Bonchev–Trinajstić information content (AvgIpc) is 2.85. The van der Waals surface area contributed by atoms with Gasteiger partial charge in [0.25, 0.3) is 5.56 Å². The van der Waals surface area contributed by atoms with Gasteiger partial charge in [0.1, 0.15) is 23.0 Å². The molecule has 0 amide bonds. The van der Waals surface area contributed by atoms with Crippen LogP contribution in [0.5, 0.6) is 11.6 Å². The zero-order valence-electron chi connectivity index (χ0n) is 19.5. The zero-order valence-corrected chi connectivity index (χ0v) is 19.5. The summed E-state index contributed by atoms with van der Waals surface area (Å²) in [6.07, 6.45) is -1.96. The number of benzene rings is 2. The van der Waals surface area contributed by atoms with Crippen LogP contribution in [0.4, 0.5) is 17.6 Å². The minimum absolute atomic E-state index is 0.0259. The van der Waals surface area contributed by atoms with Gasteiger partial charge < -0.3 is 4.74 Å². The Labute approximate surface area is 207 Å². The molecule has 186 valence electrons. The van der Waals surface area contributed by atoms with Gasteiger partial charge in [-0.25, -0.2) is 9.37 Å². The molecule has 10 heteroatoms. The highest BCUT2D eigenvalue weighted by atomic mass is 19.4. The minimum atomic E-state index is -4.67. The van der Waals surface area contributed by atoms with Crippen LogP contribution in [-0.4, -0.2) is 19.5 Å². The van der Waals surface area contributed by atoms with E-state index in [4.69, 9.17) is 4.74 Å². The number of nitrogens with zero attached hydrogens (tertiary/aromatic N) is 4. The lowest BCUT2D eigenvalue weighted by molar-refractivity contribution is -0.138. The van der Waals surface area contributed by atoms with E-state index in [0.717, 1.165) is 17.7 Å². The third-order valence-electron chi connectivity index (χ3n) is 5.72. The molecule has 3 heterocycles. The molecule has 0 fully saturated rings. The Morgan fingerprint density at radius 1 is 0.919 bits per heavy atom. The minimum Gasteiger partial charge on any atom is -0.438 e. The summed E-state index contributed by atoms with van der Waals surface area (Å²) in [6.45, 7) is 3.40. The van der Waals surface area contributed by atoms with Crippen molar-refractivity contribution < 1.29 is 22.3 Å². The van der Waals surface area contributed by atoms with E-state index in [1.807, 2.05) is 0 Å². The normalized spacial score (nSPS) is 11.6. The molecule has 6 nitrogen and oxygen atoms in total. The molecule has 0 bridgehead atoms. The second-order valence-corrected chi connectivity index (χ2v) is 8.29. The van der Waals surface area contributed by atoms with Gasteiger partial charge in [0.15, 0.2) is 0 Å². The maximum absolute atomic E-state index is 14.9. The van der Waals surface area contributed by atoms with E-state index in [2.05, 4.69) is 15.0 Å². The van der Waals surface area contributed by atoms with Crippen molar-refractivity contribution in [2.45, 2.75) is 20.0 Å². The van der Waals surface area contributed by atoms with Gasteiger partial charge in [-0.1, -0.05) is 6.07 Å². The first-order valence-electron chi connectivity index (χ1n) is 11.1. The predicted molar refractivity (Wildman–Crippen MR) is 129 cm³/mol. The summed E-state index contributed by atoms with van der Waals surface area (Å²) in [6, 6.07) is 14.5. The van der Waals surface area contributed by atoms with Gasteiger partial charge in [-0.15, -0.1) is 0 Å². The van der Waals surface area contributed by atoms with Gasteiger partial charge in [-0.05, 0) is 74.0 Å². The number of pyridine rings is 2. The number of hydrogen-bond acceptors (Lipinski definition) is 5. The van der Waals surface area contributed by atoms with Crippen molar-refractivity contribution in [3.05, 3.63) is 106 Å².